The third-order valence-electron chi connectivity index (χ3n) is 10.8. The van der Waals surface area contributed by atoms with E-state index in [9.17, 15) is 10.0 Å². The number of nitrogens with two attached hydrogens (primary N) is 1. The molecule has 0 bridgehead atoms. The summed E-state index contributed by atoms with van der Waals surface area (Å²) in [6.45, 7) is 39.0. The molecule has 3 rings (SSSR count). The molecule has 0 radical (unpaired) electrons. The first kappa shape index (κ1) is 39.8. The molecule has 4 atom stereocenters. The normalized spacial score (nSPS) is 22.4. The Kier molecular flexibility index (Phi) is 10.7. The van der Waals surface area contributed by atoms with Gasteiger partial charge in [-0.25, -0.2) is 10.0 Å². The maximum Gasteiger partial charge on any atom is 0.280 e. The molecular formula is C32H64N6O6Si3. The van der Waals surface area contributed by atoms with Gasteiger partial charge in [-0.2, -0.15) is 4.98 Å². The number of hydroxylamine groups is 1. The van der Waals surface area contributed by atoms with Crippen molar-refractivity contribution in [2.75, 3.05) is 17.4 Å². The van der Waals surface area contributed by atoms with Gasteiger partial charge in [-0.15, -0.1) is 0 Å². The molecule has 0 unspecified atom stereocenters. The first-order valence-electron chi connectivity index (χ1n) is 16.7. The maximum atomic E-state index is 13.2. The number of ether oxygens (including phenoxy) is 1. The average molecular weight is 713 g/mol. The predicted octanol–water partition coefficient (Wildman–Crippen LogP) is 7.40. The molecule has 1 aliphatic rings. The number of aromatic amines is 1. The fourth-order valence-corrected chi connectivity index (χ4v) is 8.15. The van der Waals surface area contributed by atoms with Gasteiger partial charge in [-0.1, -0.05) is 62.3 Å². The summed E-state index contributed by atoms with van der Waals surface area (Å²) in [5.74, 6) is 0.0316. The summed E-state index contributed by atoms with van der Waals surface area (Å²) in [5, 5.41) is 12.4. The molecule has 2 aromatic rings. The Morgan fingerprint density at radius 1 is 0.830 bits per heavy atom. The number of anilines is 2. The van der Waals surface area contributed by atoms with Gasteiger partial charge in [0, 0.05) is 0 Å². The molecule has 0 aromatic carbocycles. The van der Waals surface area contributed by atoms with Crippen LogP contribution >= 0.6 is 0 Å². The van der Waals surface area contributed by atoms with Crippen LogP contribution in [-0.4, -0.2) is 80.1 Å². The van der Waals surface area contributed by atoms with Crippen molar-refractivity contribution in [1.29, 1.82) is 0 Å². The van der Waals surface area contributed by atoms with Gasteiger partial charge in [0.05, 0.1) is 12.1 Å². The van der Waals surface area contributed by atoms with E-state index in [2.05, 4.69) is 117 Å². The van der Waals surface area contributed by atoms with Crippen LogP contribution in [-0.2, 0) is 18.0 Å². The first-order chi connectivity index (χ1) is 20.8. The van der Waals surface area contributed by atoms with E-state index in [1.165, 1.54) is 0 Å². The number of nitrogen functional groups attached to an aromatic ring is 1. The van der Waals surface area contributed by atoms with Crippen molar-refractivity contribution in [3.05, 3.63) is 10.4 Å². The van der Waals surface area contributed by atoms with Gasteiger partial charge in [0.15, 0.2) is 42.3 Å². The zero-order valence-electron chi connectivity index (χ0n) is 32.4. The van der Waals surface area contributed by atoms with Gasteiger partial charge in [0.1, 0.15) is 18.3 Å². The number of nitrogens with zero attached hydrogens (tertiary/aromatic N) is 4. The van der Waals surface area contributed by atoms with Crippen LogP contribution in [0.25, 0.3) is 11.2 Å². The van der Waals surface area contributed by atoms with Crippen LogP contribution in [0.2, 0.25) is 54.4 Å². The molecule has 0 amide bonds. The Morgan fingerprint density at radius 2 is 1.30 bits per heavy atom. The number of imidazole rings is 1. The van der Waals surface area contributed by atoms with Crippen LogP contribution in [0.3, 0.4) is 0 Å². The van der Waals surface area contributed by atoms with E-state index >= 15 is 0 Å². The van der Waals surface area contributed by atoms with Crippen LogP contribution in [0.15, 0.2) is 4.79 Å². The lowest BCUT2D eigenvalue weighted by Crippen LogP contribution is -2.54. The molecule has 12 nitrogen and oxygen atoms in total. The van der Waals surface area contributed by atoms with E-state index in [0.717, 1.165) is 5.06 Å². The van der Waals surface area contributed by atoms with Crippen molar-refractivity contribution in [3.63, 3.8) is 0 Å². The quantitative estimate of drug-likeness (QED) is 0.177. The highest BCUT2D eigenvalue weighted by Gasteiger charge is 2.56. The molecule has 15 heteroatoms. The number of fused-ring (bicyclic) bond motifs is 1. The Morgan fingerprint density at radius 3 is 1.74 bits per heavy atom. The Hall–Kier alpha value is -1.60. The van der Waals surface area contributed by atoms with Crippen molar-refractivity contribution in [1.82, 2.24) is 19.5 Å². The van der Waals surface area contributed by atoms with E-state index in [-0.39, 0.29) is 38.2 Å². The molecule has 0 spiro atoms. The smallest absolute Gasteiger partial charge is 0.280 e. The molecule has 1 aliphatic heterocycles. The highest BCUT2D eigenvalue weighted by Crippen LogP contribution is 2.48. The minimum atomic E-state index is -2.48. The lowest BCUT2D eigenvalue weighted by molar-refractivity contribution is -0.0477. The topological polar surface area (TPSA) is 150 Å². The van der Waals surface area contributed by atoms with Gasteiger partial charge < -0.3 is 23.7 Å². The molecule has 3 heterocycles. The second-order valence-electron chi connectivity index (χ2n) is 18.7. The fraction of sp³-hybridized carbons (Fsp3) is 0.844. The summed E-state index contributed by atoms with van der Waals surface area (Å²) >= 11 is 0. The molecule has 0 saturated carbocycles. The summed E-state index contributed by atoms with van der Waals surface area (Å²) < 4.78 is 30.1. The van der Waals surface area contributed by atoms with Gasteiger partial charge in [-0.05, 0) is 75.2 Å². The summed E-state index contributed by atoms with van der Waals surface area (Å²) in [5.41, 5.74) is 5.03. The third kappa shape index (κ3) is 8.08. The van der Waals surface area contributed by atoms with Crippen molar-refractivity contribution < 1.29 is 23.2 Å². The van der Waals surface area contributed by atoms with Crippen LogP contribution in [0.1, 0.15) is 89.3 Å². The number of hydrogen-bond donors (Lipinski definition) is 3. The number of aromatic nitrogens is 4. The number of nitrogens with one attached hydrogen (secondary N) is 1. The lowest BCUT2D eigenvalue weighted by atomic mass is 10.1. The van der Waals surface area contributed by atoms with E-state index in [1.807, 2.05) is 20.8 Å². The van der Waals surface area contributed by atoms with E-state index in [0.29, 0.717) is 6.61 Å². The molecule has 2 aromatic heterocycles. The Balaban J connectivity index is 2.37. The zero-order chi connectivity index (χ0) is 36.5. The van der Waals surface area contributed by atoms with Crippen molar-refractivity contribution >= 4 is 48.0 Å². The summed E-state index contributed by atoms with van der Waals surface area (Å²) in [4.78, 5) is 24.9. The van der Waals surface area contributed by atoms with Gasteiger partial charge in [0.25, 0.3) is 5.56 Å². The largest absolute Gasteiger partial charge is 0.414 e. The summed E-state index contributed by atoms with van der Waals surface area (Å²) in [6, 6.07) is 0. The fourth-order valence-electron chi connectivity index (χ4n) is 4.53. The second-order valence-corrected chi connectivity index (χ2v) is 33.0. The maximum absolute atomic E-state index is 13.2. The minimum absolute atomic E-state index is 0.0158. The number of hydrogen-bond acceptors (Lipinski definition) is 10. The molecular weight excluding hydrogens is 649 g/mol. The minimum Gasteiger partial charge on any atom is -0.414 e. The Labute approximate surface area is 285 Å². The first-order valence-corrected chi connectivity index (χ1v) is 25.5. The third-order valence-corrected chi connectivity index (χ3v) is 24.3. The van der Waals surface area contributed by atoms with Crippen LogP contribution in [0.5, 0.6) is 0 Å². The predicted molar refractivity (Wildman–Crippen MR) is 198 cm³/mol. The molecule has 1 saturated heterocycles. The van der Waals surface area contributed by atoms with Crippen molar-refractivity contribution in [3.8, 4) is 0 Å². The molecule has 0 aliphatic carbocycles. The van der Waals surface area contributed by atoms with E-state index in [1.54, 1.807) is 4.57 Å². The molecule has 4 N–H and O–H groups in total. The molecule has 1 fully saturated rings. The second kappa shape index (κ2) is 12.6. The van der Waals surface area contributed by atoms with Crippen LogP contribution < -0.4 is 16.4 Å². The lowest BCUT2D eigenvalue weighted by Gasteiger charge is -2.44. The number of H-pyrrole nitrogens is 1. The Bertz CT molecular complexity index is 1480. The van der Waals surface area contributed by atoms with Crippen molar-refractivity contribution in [2.45, 2.75) is 168 Å². The average Bonchev–Trinajstić information content (AvgIpc) is 3.37. The van der Waals surface area contributed by atoms with Crippen LogP contribution in [0.4, 0.5) is 11.9 Å². The summed E-state index contributed by atoms with van der Waals surface area (Å²) in [7, 11) is -7.07. The van der Waals surface area contributed by atoms with Gasteiger partial charge in [0.2, 0.25) is 11.9 Å². The monoisotopic (exact) mass is 712 g/mol. The molecule has 47 heavy (non-hydrogen) atoms. The van der Waals surface area contributed by atoms with E-state index < -0.39 is 60.6 Å². The highest BCUT2D eigenvalue weighted by atomic mass is 28.4. The van der Waals surface area contributed by atoms with Crippen molar-refractivity contribution in [2.24, 2.45) is 0 Å². The highest BCUT2D eigenvalue weighted by molar-refractivity contribution is 6.75. The molecule has 270 valence electrons. The standard InChI is InChI=1S/C32H64N6O6Si3/c1-29(2,3)38(40)28-34-21-24(35-27(33)36-25(21)39)37(28)26-23(44-47(17,18)32(10,11)12)22(43-46(15,16)31(7,8)9)20(42-26)19-41-45(13,14)30(4,5)6/h20,22-23,26,40H,19H2,1-18H3,(H3,33,35,36,39)/t20-,22-,23-,26-/m1/s1. The zero-order valence-corrected chi connectivity index (χ0v) is 35.4. The van der Waals surface area contributed by atoms with Crippen LogP contribution in [0, 0.1) is 0 Å². The number of rotatable bonds is 9. The SMILES string of the molecule is CC(C)(C)N(O)c1nc2c(=O)[nH]c(N)nc2n1[C@@H]1O[C@H](CO[Si](C)(C)C(C)(C)C)[C@@H](O[Si](C)(C)C(C)(C)C)[C@H]1O[Si](C)(C)C(C)(C)C. The van der Waals surface area contributed by atoms with E-state index in [4.69, 9.17) is 23.7 Å². The van der Waals surface area contributed by atoms with Gasteiger partial charge >= 0.3 is 0 Å². The van der Waals surface area contributed by atoms with Gasteiger partial charge in [-0.3, -0.25) is 19.6 Å². The summed E-state index contributed by atoms with van der Waals surface area (Å²) in [6.07, 6.45) is -2.57.